The van der Waals surface area contributed by atoms with E-state index in [0.29, 0.717) is 12.1 Å². The average Bonchev–Trinajstić information content (AvgIpc) is 3.57. The second kappa shape index (κ2) is 11.5. The van der Waals surface area contributed by atoms with E-state index in [9.17, 15) is 18.0 Å². The number of aromatic nitrogens is 1. The molecular weight excluding hydrogens is 502 g/mol. The van der Waals surface area contributed by atoms with Crippen LogP contribution in [0.4, 0.5) is 0 Å². The highest BCUT2D eigenvalue weighted by Crippen LogP contribution is 2.34. The van der Waals surface area contributed by atoms with E-state index in [1.165, 1.54) is 7.11 Å². The Labute approximate surface area is 214 Å². The molecule has 11 heteroatoms. The summed E-state index contributed by atoms with van der Waals surface area (Å²) in [5, 5.41) is 3.88. The van der Waals surface area contributed by atoms with Crippen LogP contribution in [0, 0.1) is 0 Å². The first kappa shape index (κ1) is 26.2. The standard InChI is InChI=1S/C25H29N3O6S2/c1-33-11-12-36(31,32)23(24(30)26-14-22(29)27-19-8-9-19)25-28-20-10-7-18(13-21(20)35-25)17-5-3-16(4-6-17)15-34-2/h3-7,10,13,19,23H,8-9,11-12,14-15H2,1-2H3,(H,26,30)(H,27,29). The van der Waals surface area contributed by atoms with Gasteiger partial charge in [0.05, 0.1) is 35.7 Å². The third-order valence-corrected chi connectivity index (χ3v) is 8.89. The van der Waals surface area contributed by atoms with Crippen LogP contribution in [0.15, 0.2) is 42.5 Å². The van der Waals surface area contributed by atoms with Crippen molar-refractivity contribution in [2.75, 3.05) is 33.1 Å². The van der Waals surface area contributed by atoms with Crippen molar-refractivity contribution >= 4 is 43.2 Å². The molecule has 0 bridgehead atoms. The molecule has 0 spiro atoms. The molecule has 0 aliphatic heterocycles. The molecule has 2 amide bonds. The van der Waals surface area contributed by atoms with Crippen LogP contribution in [0.25, 0.3) is 21.3 Å². The van der Waals surface area contributed by atoms with E-state index >= 15 is 0 Å². The van der Waals surface area contributed by atoms with Crippen LogP contribution in [0.3, 0.4) is 0 Å². The molecule has 1 saturated carbocycles. The van der Waals surface area contributed by atoms with Crippen molar-refractivity contribution in [3.8, 4) is 11.1 Å². The Bertz CT molecular complexity index is 1330. The summed E-state index contributed by atoms with van der Waals surface area (Å²) in [6.07, 6.45) is 1.83. The summed E-state index contributed by atoms with van der Waals surface area (Å²) in [4.78, 5) is 29.6. The Morgan fingerprint density at radius 1 is 1.08 bits per heavy atom. The maximum absolute atomic E-state index is 13.1. The number of nitrogens with zero attached hydrogens (tertiary/aromatic N) is 1. The minimum absolute atomic E-state index is 0.0532. The van der Waals surface area contributed by atoms with Crippen molar-refractivity contribution in [2.45, 2.75) is 30.7 Å². The zero-order valence-corrected chi connectivity index (χ0v) is 21.8. The number of sulfone groups is 1. The van der Waals surface area contributed by atoms with Gasteiger partial charge in [-0.2, -0.15) is 0 Å². The van der Waals surface area contributed by atoms with Gasteiger partial charge in [0.25, 0.3) is 0 Å². The molecule has 2 aromatic carbocycles. The van der Waals surface area contributed by atoms with Crippen molar-refractivity contribution in [1.29, 1.82) is 0 Å². The van der Waals surface area contributed by atoms with Crippen molar-refractivity contribution < 1.29 is 27.5 Å². The largest absolute Gasteiger partial charge is 0.384 e. The monoisotopic (exact) mass is 531 g/mol. The zero-order valence-electron chi connectivity index (χ0n) is 20.2. The quantitative estimate of drug-likeness (QED) is 0.368. The van der Waals surface area contributed by atoms with Crippen LogP contribution >= 0.6 is 11.3 Å². The molecular formula is C25H29N3O6S2. The van der Waals surface area contributed by atoms with E-state index in [1.54, 1.807) is 7.11 Å². The molecule has 9 nitrogen and oxygen atoms in total. The number of thiazole rings is 1. The Hall–Kier alpha value is -2.86. The van der Waals surface area contributed by atoms with Crippen LogP contribution < -0.4 is 10.6 Å². The van der Waals surface area contributed by atoms with Crippen LogP contribution in [-0.2, 0) is 35.5 Å². The van der Waals surface area contributed by atoms with Crippen molar-refractivity contribution in [3.63, 3.8) is 0 Å². The van der Waals surface area contributed by atoms with Gasteiger partial charge in [-0.1, -0.05) is 30.3 Å². The number of benzene rings is 2. The molecule has 1 aliphatic carbocycles. The zero-order chi connectivity index (χ0) is 25.7. The van der Waals surface area contributed by atoms with Crippen LogP contribution in [-0.4, -0.2) is 64.4 Å². The summed E-state index contributed by atoms with van der Waals surface area (Å²) in [6.45, 7) is 0.183. The normalized spacial score (nSPS) is 14.5. The molecule has 4 rings (SSSR count). The molecule has 1 fully saturated rings. The van der Waals surface area contributed by atoms with E-state index in [-0.39, 0.29) is 35.9 Å². The first-order valence-electron chi connectivity index (χ1n) is 11.6. The lowest BCUT2D eigenvalue weighted by atomic mass is 10.0. The lowest BCUT2D eigenvalue weighted by Crippen LogP contribution is -2.41. The molecule has 36 heavy (non-hydrogen) atoms. The fourth-order valence-corrected chi connectivity index (χ4v) is 6.68. The van der Waals surface area contributed by atoms with Gasteiger partial charge in [-0.15, -0.1) is 11.3 Å². The third kappa shape index (κ3) is 6.47. The number of carbonyl (C=O) groups is 2. The van der Waals surface area contributed by atoms with E-state index in [1.807, 2.05) is 42.5 Å². The van der Waals surface area contributed by atoms with E-state index < -0.39 is 21.0 Å². The van der Waals surface area contributed by atoms with Gasteiger partial charge in [-0.3, -0.25) is 9.59 Å². The molecule has 0 radical (unpaired) electrons. The maximum Gasteiger partial charge on any atom is 0.245 e. The van der Waals surface area contributed by atoms with Crippen molar-refractivity contribution in [2.24, 2.45) is 0 Å². The van der Waals surface area contributed by atoms with Gasteiger partial charge in [-0.25, -0.2) is 13.4 Å². The molecule has 192 valence electrons. The van der Waals surface area contributed by atoms with Crippen LogP contribution in [0.5, 0.6) is 0 Å². The number of hydrogen-bond acceptors (Lipinski definition) is 8. The summed E-state index contributed by atoms with van der Waals surface area (Å²) in [5.74, 6) is -1.46. The summed E-state index contributed by atoms with van der Waals surface area (Å²) in [7, 11) is -0.904. The summed E-state index contributed by atoms with van der Waals surface area (Å²) in [5.41, 5.74) is 3.60. The summed E-state index contributed by atoms with van der Waals surface area (Å²) in [6, 6.07) is 13.8. The first-order valence-corrected chi connectivity index (χ1v) is 14.1. The SMILES string of the molecule is COCCS(=O)(=O)C(C(=O)NCC(=O)NC1CC1)c1nc2ccc(-c3ccc(COC)cc3)cc2s1. The van der Waals surface area contributed by atoms with Gasteiger partial charge in [0.15, 0.2) is 15.1 Å². The topological polar surface area (TPSA) is 124 Å². The van der Waals surface area contributed by atoms with Gasteiger partial charge >= 0.3 is 0 Å². The maximum atomic E-state index is 13.1. The van der Waals surface area contributed by atoms with Crippen LogP contribution in [0.2, 0.25) is 0 Å². The highest BCUT2D eigenvalue weighted by Gasteiger charge is 2.37. The van der Waals surface area contributed by atoms with Crippen LogP contribution in [0.1, 0.15) is 28.7 Å². The summed E-state index contributed by atoms with van der Waals surface area (Å²) >= 11 is 1.16. The second-order valence-electron chi connectivity index (χ2n) is 8.66. The lowest BCUT2D eigenvalue weighted by molar-refractivity contribution is -0.126. The number of methoxy groups -OCH3 is 2. The predicted molar refractivity (Wildman–Crippen MR) is 138 cm³/mol. The Morgan fingerprint density at radius 3 is 2.47 bits per heavy atom. The second-order valence-corrected chi connectivity index (χ2v) is 11.9. The molecule has 3 aromatic rings. The molecule has 1 unspecified atom stereocenters. The highest BCUT2D eigenvalue weighted by atomic mass is 32.2. The van der Waals surface area contributed by atoms with Gasteiger partial charge < -0.3 is 20.1 Å². The van der Waals surface area contributed by atoms with E-state index in [0.717, 1.165) is 45.6 Å². The molecule has 0 saturated heterocycles. The fraction of sp³-hybridized carbons (Fsp3) is 0.400. The van der Waals surface area contributed by atoms with Crippen molar-refractivity contribution in [1.82, 2.24) is 15.6 Å². The summed E-state index contributed by atoms with van der Waals surface area (Å²) < 4.78 is 37.1. The number of carbonyl (C=O) groups excluding carboxylic acids is 2. The molecule has 1 aromatic heterocycles. The smallest absolute Gasteiger partial charge is 0.245 e. The highest BCUT2D eigenvalue weighted by molar-refractivity contribution is 7.92. The number of rotatable bonds is 12. The lowest BCUT2D eigenvalue weighted by Gasteiger charge is -2.15. The number of nitrogens with one attached hydrogen (secondary N) is 2. The predicted octanol–water partition coefficient (Wildman–Crippen LogP) is 2.61. The number of fused-ring (bicyclic) bond motifs is 1. The number of amides is 2. The first-order chi connectivity index (χ1) is 17.3. The van der Waals surface area contributed by atoms with Crippen molar-refractivity contribution in [3.05, 3.63) is 53.0 Å². The Morgan fingerprint density at radius 2 is 1.81 bits per heavy atom. The minimum Gasteiger partial charge on any atom is -0.384 e. The molecule has 1 heterocycles. The Kier molecular flexibility index (Phi) is 8.35. The fourth-order valence-electron chi connectivity index (χ4n) is 3.71. The minimum atomic E-state index is -3.95. The number of ether oxygens (including phenoxy) is 2. The number of hydrogen-bond donors (Lipinski definition) is 2. The third-order valence-electron chi connectivity index (χ3n) is 5.76. The molecule has 2 N–H and O–H groups in total. The average molecular weight is 532 g/mol. The molecule has 1 atom stereocenters. The van der Waals surface area contributed by atoms with E-state index in [4.69, 9.17) is 9.47 Å². The van der Waals surface area contributed by atoms with Gasteiger partial charge in [0, 0.05) is 20.3 Å². The van der Waals surface area contributed by atoms with E-state index in [2.05, 4.69) is 15.6 Å². The Balaban J connectivity index is 1.60. The van der Waals surface area contributed by atoms with Gasteiger partial charge in [0.1, 0.15) is 5.01 Å². The molecule has 1 aliphatic rings. The van der Waals surface area contributed by atoms with Gasteiger partial charge in [0.2, 0.25) is 11.8 Å². The van der Waals surface area contributed by atoms with Gasteiger partial charge in [-0.05, 0) is 41.7 Å².